The molecule has 3 fully saturated rings. The molecule has 4 rings (SSSR count). The molecule has 0 aromatic carbocycles. The van der Waals surface area contributed by atoms with Crippen LogP contribution < -0.4 is 0 Å². The average molecular weight is 388 g/mol. The number of ether oxygens (including phenoxy) is 1. The van der Waals surface area contributed by atoms with Crippen LogP contribution >= 0.6 is 0 Å². The van der Waals surface area contributed by atoms with Gasteiger partial charge in [0, 0.05) is 25.7 Å². The van der Waals surface area contributed by atoms with Gasteiger partial charge in [-0.05, 0) is 68.1 Å². The molecule has 154 valence electrons. The smallest absolute Gasteiger partial charge is 0.331 e. The number of hydrogen-bond acceptors (Lipinski definition) is 5. The van der Waals surface area contributed by atoms with Crippen LogP contribution in [0, 0.1) is 28.6 Å². The first kappa shape index (κ1) is 19.7. The van der Waals surface area contributed by atoms with Crippen molar-refractivity contribution in [2.24, 2.45) is 33.7 Å². The highest BCUT2D eigenvalue weighted by Gasteiger charge is 2.58. The van der Waals surface area contributed by atoms with Crippen molar-refractivity contribution >= 4 is 17.7 Å². The molecule has 0 aliphatic heterocycles. The normalized spacial score (nSPS) is 43.4. The lowest BCUT2D eigenvalue weighted by molar-refractivity contribution is -0.148. The fourth-order valence-corrected chi connectivity index (χ4v) is 7.02. The lowest BCUT2D eigenvalue weighted by atomic mass is 9.48. The van der Waals surface area contributed by atoms with Gasteiger partial charge in [0.05, 0.1) is 5.71 Å². The molecule has 0 bridgehead atoms. The Balaban J connectivity index is 1.56. The number of nitrogens with zero attached hydrogens (tertiary/aromatic N) is 1. The van der Waals surface area contributed by atoms with E-state index in [1.165, 1.54) is 25.8 Å². The first-order valence-electron chi connectivity index (χ1n) is 10.9. The average Bonchev–Trinajstić information content (AvgIpc) is 2.96. The Morgan fingerprint density at radius 2 is 1.75 bits per heavy atom. The van der Waals surface area contributed by atoms with E-state index >= 15 is 0 Å². The largest absolute Gasteiger partial charge is 0.462 e. The number of oxime groups is 1. The van der Waals surface area contributed by atoms with Gasteiger partial charge in [0.15, 0.2) is 0 Å². The zero-order valence-corrected chi connectivity index (χ0v) is 17.6. The van der Waals surface area contributed by atoms with Crippen molar-refractivity contribution in [1.82, 2.24) is 0 Å². The van der Waals surface area contributed by atoms with Gasteiger partial charge in [-0.25, -0.2) is 4.79 Å². The maximum atomic E-state index is 11.4. The number of rotatable bonds is 2. The van der Waals surface area contributed by atoms with Crippen molar-refractivity contribution in [2.75, 3.05) is 0 Å². The molecule has 4 aliphatic rings. The molecule has 5 heteroatoms. The Bertz CT molecular complexity index is 741. The van der Waals surface area contributed by atoms with Crippen LogP contribution in [-0.4, -0.2) is 23.8 Å². The number of carbonyl (C=O) groups is 2. The van der Waals surface area contributed by atoms with Crippen molar-refractivity contribution in [3.8, 4) is 0 Å². The minimum atomic E-state index is -0.337. The molecule has 3 saturated carbocycles. The van der Waals surface area contributed by atoms with Gasteiger partial charge < -0.3 is 9.57 Å². The third kappa shape index (κ3) is 3.11. The van der Waals surface area contributed by atoms with Crippen molar-refractivity contribution < 1.29 is 19.2 Å². The predicted octanol–water partition coefficient (Wildman–Crippen LogP) is 4.80. The summed E-state index contributed by atoms with van der Waals surface area (Å²) in [6.07, 6.45) is 11.0. The van der Waals surface area contributed by atoms with Crippen LogP contribution in [0.3, 0.4) is 0 Å². The highest BCUT2D eigenvalue weighted by Crippen LogP contribution is 2.64. The Kier molecular flexibility index (Phi) is 4.91. The van der Waals surface area contributed by atoms with Crippen LogP contribution in [0.25, 0.3) is 0 Å². The van der Waals surface area contributed by atoms with E-state index in [0.717, 1.165) is 50.7 Å². The molecule has 28 heavy (non-hydrogen) atoms. The van der Waals surface area contributed by atoms with E-state index in [2.05, 4.69) is 25.1 Å². The quantitative estimate of drug-likeness (QED) is 0.295. The Morgan fingerprint density at radius 1 is 1.04 bits per heavy atom. The predicted molar refractivity (Wildman–Crippen MR) is 106 cm³/mol. The molecule has 0 saturated heterocycles. The summed E-state index contributed by atoms with van der Waals surface area (Å²) >= 11 is 0. The second-order valence-corrected chi connectivity index (χ2v) is 9.85. The lowest BCUT2D eigenvalue weighted by Crippen LogP contribution is -2.50. The van der Waals surface area contributed by atoms with Gasteiger partial charge in [-0.3, -0.25) is 4.79 Å². The molecule has 0 radical (unpaired) electrons. The Labute approximate surface area is 167 Å². The van der Waals surface area contributed by atoms with Crippen LogP contribution in [0.1, 0.15) is 79.1 Å². The SMILES string of the molecule is CC(=O)ON=C1CC[C@H]2[C@@H]3CC=C4C[C@@H](OC(C)=O)CC[C@]4(C)[C@H]3CC[C@]12C. The monoisotopic (exact) mass is 387 g/mol. The van der Waals surface area contributed by atoms with Crippen LogP contribution in [-0.2, 0) is 19.2 Å². The van der Waals surface area contributed by atoms with Gasteiger partial charge >= 0.3 is 11.9 Å². The van der Waals surface area contributed by atoms with E-state index in [9.17, 15) is 9.59 Å². The first-order chi connectivity index (χ1) is 13.2. The Morgan fingerprint density at radius 3 is 2.46 bits per heavy atom. The highest BCUT2D eigenvalue weighted by atomic mass is 16.7. The molecule has 0 spiro atoms. The highest BCUT2D eigenvalue weighted by molar-refractivity contribution is 5.92. The van der Waals surface area contributed by atoms with E-state index in [1.54, 1.807) is 0 Å². The third-order valence-corrected chi connectivity index (χ3v) is 8.42. The molecule has 0 unspecified atom stereocenters. The molecular formula is C23H33NO4. The first-order valence-corrected chi connectivity index (χ1v) is 10.9. The Hall–Kier alpha value is -1.65. The number of fused-ring (bicyclic) bond motifs is 5. The van der Waals surface area contributed by atoms with Gasteiger partial charge in [0.25, 0.3) is 0 Å². The summed E-state index contributed by atoms with van der Waals surface area (Å²) in [4.78, 5) is 27.6. The van der Waals surface area contributed by atoms with Crippen molar-refractivity contribution in [1.29, 1.82) is 0 Å². The minimum Gasteiger partial charge on any atom is -0.462 e. The molecule has 5 nitrogen and oxygen atoms in total. The molecule has 0 N–H and O–H groups in total. The van der Waals surface area contributed by atoms with Gasteiger partial charge in [0.1, 0.15) is 6.10 Å². The van der Waals surface area contributed by atoms with Crippen LogP contribution in [0.4, 0.5) is 0 Å². The number of hydrogen-bond donors (Lipinski definition) is 0. The summed E-state index contributed by atoms with van der Waals surface area (Å²) in [7, 11) is 0. The zero-order valence-electron chi connectivity index (χ0n) is 17.6. The fourth-order valence-electron chi connectivity index (χ4n) is 7.02. The minimum absolute atomic E-state index is 0.0520. The fraction of sp³-hybridized carbons (Fsp3) is 0.783. The number of esters is 1. The van der Waals surface area contributed by atoms with E-state index in [-0.39, 0.29) is 28.9 Å². The topological polar surface area (TPSA) is 65.0 Å². The van der Waals surface area contributed by atoms with Crippen molar-refractivity contribution in [3.05, 3.63) is 11.6 Å². The van der Waals surface area contributed by atoms with Gasteiger partial charge in [-0.2, -0.15) is 0 Å². The maximum Gasteiger partial charge on any atom is 0.331 e. The van der Waals surface area contributed by atoms with Crippen molar-refractivity contribution in [3.63, 3.8) is 0 Å². The van der Waals surface area contributed by atoms with E-state index < -0.39 is 0 Å². The second-order valence-electron chi connectivity index (χ2n) is 9.85. The maximum absolute atomic E-state index is 11.4. The van der Waals surface area contributed by atoms with E-state index in [1.807, 2.05) is 0 Å². The lowest BCUT2D eigenvalue weighted by Gasteiger charge is -2.57. The molecule has 4 aliphatic carbocycles. The van der Waals surface area contributed by atoms with Gasteiger partial charge in [-0.1, -0.05) is 30.7 Å². The summed E-state index contributed by atoms with van der Waals surface area (Å²) in [6, 6.07) is 0. The molecule has 0 amide bonds. The van der Waals surface area contributed by atoms with Crippen LogP contribution in [0.2, 0.25) is 0 Å². The number of allylic oxidation sites excluding steroid dienone is 1. The summed E-state index contributed by atoms with van der Waals surface area (Å²) in [5.74, 6) is 1.47. The third-order valence-electron chi connectivity index (χ3n) is 8.42. The van der Waals surface area contributed by atoms with Crippen LogP contribution in [0.15, 0.2) is 16.8 Å². The summed E-state index contributed by atoms with van der Waals surface area (Å²) in [5.41, 5.74) is 2.90. The molecular weight excluding hydrogens is 354 g/mol. The van der Waals surface area contributed by atoms with E-state index in [0.29, 0.717) is 17.8 Å². The standard InChI is InChI=1S/C23H33NO4/c1-14(25)27-17-9-11-22(3)16(13-17)5-6-18-19-7-8-21(24-28-15(2)26)23(19,4)12-10-20(18)22/h5,17-20H,6-13H2,1-4H3/t17-,18-,19-,20-,22-,23-/m0/s1. The summed E-state index contributed by atoms with van der Waals surface area (Å²) in [6.45, 7) is 7.71. The van der Waals surface area contributed by atoms with E-state index in [4.69, 9.17) is 9.57 Å². The molecule has 0 aromatic heterocycles. The van der Waals surface area contributed by atoms with Gasteiger partial charge in [-0.15, -0.1) is 0 Å². The summed E-state index contributed by atoms with van der Waals surface area (Å²) in [5, 5.41) is 4.26. The summed E-state index contributed by atoms with van der Waals surface area (Å²) < 4.78 is 5.53. The molecule has 0 aromatic rings. The van der Waals surface area contributed by atoms with Gasteiger partial charge in [0.2, 0.25) is 0 Å². The number of carbonyl (C=O) groups excluding carboxylic acids is 2. The van der Waals surface area contributed by atoms with Crippen molar-refractivity contribution in [2.45, 2.75) is 85.2 Å². The van der Waals surface area contributed by atoms with Crippen LogP contribution in [0.5, 0.6) is 0 Å². The molecule has 0 heterocycles. The second kappa shape index (κ2) is 7.00. The zero-order chi connectivity index (χ0) is 20.1. The molecule has 6 atom stereocenters.